The van der Waals surface area contributed by atoms with E-state index in [0.29, 0.717) is 5.82 Å². The van der Waals surface area contributed by atoms with Crippen molar-refractivity contribution in [3.05, 3.63) is 41.6 Å². The molecule has 1 amide bonds. The Balaban J connectivity index is 2.04. The van der Waals surface area contributed by atoms with E-state index in [1.54, 1.807) is 17.9 Å². The highest BCUT2D eigenvalue weighted by molar-refractivity contribution is 5.82. The van der Waals surface area contributed by atoms with Crippen LogP contribution in [-0.2, 0) is 10.3 Å². The Morgan fingerprint density at radius 1 is 1.38 bits per heavy atom. The van der Waals surface area contributed by atoms with E-state index < -0.39 is 6.09 Å². The van der Waals surface area contributed by atoms with Gasteiger partial charge in [0.2, 0.25) is 0 Å². The zero-order chi connectivity index (χ0) is 15.0. The second kappa shape index (κ2) is 4.89. The Labute approximate surface area is 122 Å². The summed E-state index contributed by atoms with van der Waals surface area (Å²) in [6.07, 6.45) is 0.694. The van der Waals surface area contributed by atoms with Crippen LogP contribution in [-0.4, -0.2) is 28.1 Å². The molecule has 6 heteroatoms. The van der Waals surface area contributed by atoms with Crippen LogP contribution in [0.25, 0.3) is 5.69 Å². The maximum Gasteiger partial charge on any atom is 0.410 e. The summed E-state index contributed by atoms with van der Waals surface area (Å²) in [6, 6.07) is 9.48. The van der Waals surface area contributed by atoms with Crippen LogP contribution in [0.5, 0.6) is 0 Å². The average molecular weight is 287 g/mol. The molecule has 1 saturated carbocycles. The highest BCUT2D eigenvalue weighted by Crippen LogP contribution is 2.48. The van der Waals surface area contributed by atoms with Gasteiger partial charge in [0.05, 0.1) is 11.4 Å². The van der Waals surface area contributed by atoms with Crippen LogP contribution < -0.4 is 5.32 Å². The lowest BCUT2D eigenvalue weighted by Gasteiger charge is -2.09. The van der Waals surface area contributed by atoms with Gasteiger partial charge < -0.3 is 9.84 Å². The smallest absolute Gasteiger partial charge is 0.410 e. The minimum Gasteiger partial charge on any atom is -0.465 e. The van der Waals surface area contributed by atoms with Gasteiger partial charge in [-0.2, -0.15) is 5.10 Å². The molecule has 1 aromatic carbocycles. The normalized spacial score (nSPS) is 15.7. The second-order valence-corrected chi connectivity index (χ2v) is 5.29. The van der Waals surface area contributed by atoms with Gasteiger partial charge in [-0.1, -0.05) is 17.7 Å². The molecule has 0 spiro atoms. The molecule has 0 radical (unpaired) electrons. The Morgan fingerprint density at radius 2 is 2.05 bits per heavy atom. The molecule has 3 rings (SSSR count). The van der Waals surface area contributed by atoms with Crippen molar-refractivity contribution in [1.29, 1.82) is 0 Å². The highest BCUT2D eigenvalue weighted by atomic mass is 16.5. The number of aromatic nitrogens is 2. The maximum atomic E-state index is 11.0. The molecule has 110 valence electrons. The summed E-state index contributed by atoms with van der Waals surface area (Å²) in [5.74, 6) is 0.421. The minimum atomic E-state index is -1.11. The van der Waals surface area contributed by atoms with Crippen LogP contribution in [0.2, 0.25) is 0 Å². The average Bonchev–Trinajstić information content (AvgIpc) is 3.15. The molecular weight excluding hydrogens is 270 g/mol. The van der Waals surface area contributed by atoms with Gasteiger partial charge in [-0.3, -0.25) is 5.32 Å². The summed E-state index contributed by atoms with van der Waals surface area (Å²) in [6.45, 7) is 2.00. The number of hydrogen-bond acceptors (Lipinski definition) is 3. The third-order valence-corrected chi connectivity index (χ3v) is 3.78. The molecule has 1 aliphatic rings. The quantitative estimate of drug-likeness (QED) is 0.906. The number of hydrogen-bond donors (Lipinski definition) is 2. The van der Waals surface area contributed by atoms with Gasteiger partial charge in [0, 0.05) is 13.2 Å². The maximum absolute atomic E-state index is 11.0. The fraction of sp³-hybridized carbons (Fsp3) is 0.333. The van der Waals surface area contributed by atoms with Crippen LogP contribution in [0.3, 0.4) is 0 Å². The highest BCUT2D eigenvalue weighted by Gasteiger charge is 2.47. The van der Waals surface area contributed by atoms with E-state index in [4.69, 9.17) is 9.84 Å². The Bertz CT molecular complexity index is 672. The number of anilines is 1. The third-order valence-electron chi connectivity index (χ3n) is 3.78. The van der Waals surface area contributed by atoms with E-state index in [1.807, 2.05) is 31.2 Å². The van der Waals surface area contributed by atoms with Crippen LogP contribution in [0.15, 0.2) is 30.3 Å². The SMILES string of the molecule is COC1(c2cc(NC(=O)O)n(-c3ccc(C)cc3)n2)CC1. The van der Waals surface area contributed by atoms with Crippen LogP contribution >= 0.6 is 0 Å². The van der Waals surface area contributed by atoms with Crippen LogP contribution in [0, 0.1) is 6.92 Å². The largest absolute Gasteiger partial charge is 0.465 e. The zero-order valence-corrected chi connectivity index (χ0v) is 12.0. The van der Waals surface area contributed by atoms with Crippen LogP contribution in [0.1, 0.15) is 24.1 Å². The van der Waals surface area contributed by atoms with E-state index in [-0.39, 0.29) is 5.60 Å². The second-order valence-electron chi connectivity index (χ2n) is 5.29. The number of carboxylic acid groups (broad SMARTS) is 1. The number of ether oxygens (including phenoxy) is 1. The van der Waals surface area contributed by atoms with E-state index in [2.05, 4.69) is 10.4 Å². The van der Waals surface area contributed by atoms with Crippen LogP contribution in [0.4, 0.5) is 10.6 Å². The fourth-order valence-electron chi connectivity index (χ4n) is 2.36. The van der Waals surface area contributed by atoms with Gasteiger partial charge in [0.1, 0.15) is 11.4 Å². The van der Waals surface area contributed by atoms with Crippen molar-refractivity contribution in [1.82, 2.24) is 9.78 Å². The molecule has 0 bridgehead atoms. The first-order valence-corrected chi connectivity index (χ1v) is 6.77. The number of aryl methyl sites for hydroxylation is 1. The third kappa shape index (κ3) is 2.50. The molecule has 0 saturated heterocycles. The molecule has 21 heavy (non-hydrogen) atoms. The predicted octanol–water partition coefficient (Wildman–Crippen LogP) is 2.91. The predicted molar refractivity (Wildman–Crippen MR) is 77.9 cm³/mol. The Hall–Kier alpha value is -2.34. The molecule has 0 atom stereocenters. The molecule has 2 aromatic rings. The summed E-state index contributed by atoms with van der Waals surface area (Å²) in [5, 5.41) is 15.9. The monoisotopic (exact) mass is 287 g/mol. The molecular formula is C15H17N3O3. The van der Waals surface area contributed by atoms with Crippen molar-refractivity contribution < 1.29 is 14.6 Å². The van der Waals surface area contributed by atoms with Crippen molar-refractivity contribution in [2.24, 2.45) is 0 Å². The Kier molecular flexibility index (Phi) is 3.17. The number of carbonyl (C=O) groups is 1. The molecule has 1 fully saturated rings. The number of rotatable bonds is 4. The molecule has 1 heterocycles. The first-order valence-electron chi connectivity index (χ1n) is 6.77. The topological polar surface area (TPSA) is 76.4 Å². The molecule has 1 aromatic heterocycles. The number of amides is 1. The van der Waals surface area contributed by atoms with Gasteiger partial charge in [0.25, 0.3) is 0 Å². The Morgan fingerprint density at radius 3 is 2.57 bits per heavy atom. The number of nitrogens with one attached hydrogen (secondary N) is 1. The molecule has 1 aliphatic carbocycles. The van der Waals surface area contributed by atoms with Crippen molar-refractivity contribution in [2.75, 3.05) is 12.4 Å². The molecule has 2 N–H and O–H groups in total. The van der Waals surface area contributed by atoms with E-state index in [0.717, 1.165) is 29.8 Å². The lowest BCUT2D eigenvalue weighted by molar-refractivity contribution is 0.0748. The summed E-state index contributed by atoms with van der Waals surface area (Å²) in [4.78, 5) is 11.0. The van der Waals surface area contributed by atoms with E-state index in [1.165, 1.54) is 0 Å². The standard InChI is InChI=1S/C15H17N3O3/c1-10-3-5-11(6-4-10)18-13(16-14(19)20)9-12(17-18)15(21-2)7-8-15/h3-6,9,16H,7-8H2,1-2H3,(H,19,20). The molecule has 0 unspecified atom stereocenters. The zero-order valence-electron chi connectivity index (χ0n) is 12.0. The van der Waals surface area contributed by atoms with Crippen molar-refractivity contribution in [3.8, 4) is 5.69 Å². The lowest BCUT2D eigenvalue weighted by Crippen LogP contribution is -2.12. The summed E-state index contributed by atoms with van der Waals surface area (Å²) in [7, 11) is 1.65. The minimum absolute atomic E-state index is 0.356. The lowest BCUT2D eigenvalue weighted by atomic mass is 10.2. The van der Waals surface area contributed by atoms with Gasteiger partial charge in [-0.25, -0.2) is 9.48 Å². The van der Waals surface area contributed by atoms with Gasteiger partial charge in [-0.05, 0) is 31.9 Å². The van der Waals surface area contributed by atoms with Crippen molar-refractivity contribution in [2.45, 2.75) is 25.4 Å². The number of benzene rings is 1. The number of methoxy groups -OCH3 is 1. The van der Waals surface area contributed by atoms with Gasteiger partial charge in [0.15, 0.2) is 0 Å². The van der Waals surface area contributed by atoms with Gasteiger partial charge in [-0.15, -0.1) is 0 Å². The molecule has 6 nitrogen and oxygen atoms in total. The fourth-order valence-corrected chi connectivity index (χ4v) is 2.36. The number of nitrogens with zero attached hydrogens (tertiary/aromatic N) is 2. The van der Waals surface area contributed by atoms with E-state index in [9.17, 15) is 4.79 Å². The molecule has 0 aliphatic heterocycles. The summed E-state index contributed by atoms with van der Waals surface area (Å²) < 4.78 is 7.11. The van der Waals surface area contributed by atoms with Crippen molar-refractivity contribution in [3.63, 3.8) is 0 Å². The van der Waals surface area contributed by atoms with Gasteiger partial charge >= 0.3 is 6.09 Å². The summed E-state index contributed by atoms with van der Waals surface area (Å²) in [5.41, 5.74) is 2.34. The van der Waals surface area contributed by atoms with Crippen molar-refractivity contribution >= 4 is 11.9 Å². The van der Waals surface area contributed by atoms with E-state index >= 15 is 0 Å². The first kappa shape index (κ1) is 13.6. The summed E-state index contributed by atoms with van der Waals surface area (Å²) >= 11 is 0. The first-order chi connectivity index (χ1) is 10.0.